The number of piperidine rings is 1. The van der Waals surface area contributed by atoms with E-state index >= 15 is 0 Å². The number of carbonyl (C=O) groups is 1. The predicted molar refractivity (Wildman–Crippen MR) is 133 cm³/mol. The van der Waals surface area contributed by atoms with Crippen LogP contribution in [0.3, 0.4) is 0 Å². The van der Waals surface area contributed by atoms with Crippen molar-refractivity contribution in [3.8, 4) is 5.75 Å². The number of amides is 1. The maximum atomic E-state index is 12.7. The number of methoxy groups -OCH3 is 1. The Balaban J connectivity index is 1.04. The van der Waals surface area contributed by atoms with E-state index < -0.39 is 0 Å². The first kappa shape index (κ1) is 21.6. The van der Waals surface area contributed by atoms with E-state index in [4.69, 9.17) is 4.74 Å². The molecule has 2 aromatic carbocycles. The smallest absolute Gasteiger partial charge is 0.251 e. The van der Waals surface area contributed by atoms with E-state index in [0.717, 1.165) is 66.6 Å². The lowest BCUT2D eigenvalue weighted by atomic mass is 10.0. The van der Waals surface area contributed by atoms with Gasteiger partial charge in [0.05, 0.1) is 7.11 Å². The Bertz CT molecular complexity index is 1230. The van der Waals surface area contributed by atoms with Crippen LogP contribution < -0.4 is 10.1 Å². The average molecular weight is 445 g/mol. The number of carbonyl (C=O) groups excluding carboxylic acids is 1. The summed E-state index contributed by atoms with van der Waals surface area (Å²) in [6.07, 6.45) is 9.52. The molecule has 1 saturated heterocycles. The first-order valence-corrected chi connectivity index (χ1v) is 11.9. The van der Waals surface area contributed by atoms with Gasteiger partial charge in [-0.3, -0.25) is 4.79 Å². The topological polar surface area (TPSA) is 73.2 Å². The Morgan fingerprint density at radius 3 is 2.79 bits per heavy atom. The number of rotatable bonds is 8. The van der Waals surface area contributed by atoms with Crippen molar-refractivity contribution in [2.45, 2.75) is 38.1 Å². The third-order valence-corrected chi connectivity index (χ3v) is 6.88. The van der Waals surface area contributed by atoms with Gasteiger partial charge in [0.2, 0.25) is 0 Å². The third-order valence-electron chi connectivity index (χ3n) is 6.88. The summed E-state index contributed by atoms with van der Waals surface area (Å²) in [7, 11) is 1.70. The summed E-state index contributed by atoms with van der Waals surface area (Å²) in [6.45, 7) is 3.23. The predicted octanol–water partition coefficient (Wildman–Crippen LogP) is 4.87. The Morgan fingerprint density at radius 2 is 1.94 bits per heavy atom. The molecule has 6 heteroatoms. The summed E-state index contributed by atoms with van der Waals surface area (Å²) in [5, 5.41) is 5.60. The van der Waals surface area contributed by atoms with Crippen LogP contribution in [-0.4, -0.2) is 53.6 Å². The molecule has 1 aliphatic rings. The van der Waals surface area contributed by atoms with Gasteiger partial charge in [-0.15, -0.1) is 0 Å². The number of hydrogen-bond donors (Lipinski definition) is 3. The minimum absolute atomic E-state index is 0.0351. The highest BCUT2D eigenvalue weighted by Gasteiger charge is 2.21. The minimum Gasteiger partial charge on any atom is -0.497 e. The van der Waals surface area contributed by atoms with Crippen LogP contribution >= 0.6 is 0 Å². The minimum atomic E-state index is 0.0351. The summed E-state index contributed by atoms with van der Waals surface area (Å²) < 4.78 is 5.31. The quantitative estimate of drug-likeness (QED) is 0.339. The molecule has 0 aliphatic carbocycles. The van der Waals surface area contributed by atoms with Gasteiger partial charge < -0.3 is 24.9 Å². The summed E-state index contributed by atoms with van der Waals surface area (Å²) in [5.41, 5.74) is 4.32. The average Bonchev–Trinajstić information content (AvgIpc) is 3.48. The Kier molecular flexibility index (Phi) is 6.35. The summed E-state index contributed by atoms with van der Waals surface area (Å²) in [6, 6.07) is 14.3. The van der Waals surface area contributed by atoms with Crippen LogP contribution in [0, 0.1) is 0 Å². The number of fused-ring (bicyclic) bond motifs is 2. The molecule has 0 bridgehead atoms. The Hall–Kier alpha value is -3.25. The molecule has 0 spiro atoms. The summed E-state index contributed by atoms with van der Waals surface area (Å²) in [5.74, 6) is 0.921. The highest BCUT2D eigenvalue weighted by Crippen LogP contribution is 2.24. The maximum absolute atomic E-state index is 12.7. The van der Waals surface area contributed by atoms with Gasteiger partial charge in [0.25, 0.3) is 5.91 Å². The molecule has 4 aromatic rings. The molecule has 33 heavy (non-hydrogen) atoms. The van der Waals surface area contributed by atoms with Crippen LogP contribution in [0.1, 0.15) is 41.6 Å². The number of nitrogens with one attached hydrogen (secondary N) is 3. The molecule has 0 saturated carbocycles. The van der Waals surface area contributed by atoms with Crippen molar-refractivity contribution in [2.24, 2.45) is 0 Å². The molecule has 3 N–H and O–H groups in total. The van der Waals surface area contributed by atoms with Crippen LogP contribution in [0.4, 0.5) is 0 Å². The van der Waals surface area contributed by atoms with Crippen LogP contribution in [-0.2, 0) is 6.42 Å². The van der Waals surface area contributed by atoms with Crippen molar-refractivity contribution in [1.29, 1.82) is 0 Å². The van der Waals surface area contributed by atoms with Gasteiger partial charge in [-0.25, -0.2) is 0 Å². The Labute approximate surface area is 194 Å². The molecule has 0 unspecified atom stereocenters. The van der Waals surface area contributed by atoms with Gasteiger partial charge in [-0.2, -0.15) is 0 Å². The molecule has 5 rings (SSSR count). The van der Waals surface area contributed by atoms with Gasteiger partial charge in [0.15, 0.2) is 0 Å². The second-order valence-electron chi connectivity index (χ2n) is 9.05. The molecule has 6 nitrogen and oxygen atoms in total. The van der Waals surface area contributed by atoms with E-state index in [-0.39, 0.29) is 11.9 Å². The molecule has 0 atom stereocenters. The van der Waals surface area contributed by atoms with Gasteiger partial charge in [0, 0.05) is 65.0 Å². The van der Waals surface area contributed by atoms with Gasteiger partial charge in [-0.05, 0) is 80.6 Å². The number of likely N-dealkylation sites (tertiary alicyclic amines) is 1. The summed E-state index contributed by atoms with van der Waals surface area (Å²) >= 11 is 0. The number of benzene rings is 2. The lowest BCUT2D eigenvalue weighted by Crippen LogP contribution is -2.44. The largest absolute Gasteiger partial charge is 0.497 e. The van der Waals surface area contributed by atoms with Crippen molar-refractivity contribution < 1.29 is 9.53 Å². The molecule has 3 heterocycles. The zero-order valence-electron chi connectivity index (χ0n) is 19.2. The lowest BCUT2D eigenvalue weighted by molar-refractivity contribution is 0.0911. The lowest BCUT2D eigenvalue weighted by Gasteiger charge is -2.32. The number of aromatic amines is 2. The normalized spacial score (nSPS) is 15.3. The Morgan fingerprint density at radius 1 is 1.06 bits per heavy atom. The van der Waals surface area contributed by atoms with E-state index in [1.54, 1.807) is 7.11 Å². The monoisotopic (exact) mass is 444 g/mol. The second-order valence-corrected chi connectivity index (χ2v) is 9.05. The second kappa shape index (κ2) is 9.71. The fourth-order valence-corrected chi connectivity index (χ4v) is 4.91. The van der Waals surface area contributed by atoms with E-state index in [9.17, 15) is 4.79 Å². The molecule has 1 aliphatic heterocycles. The van der Waals surface area contributed by atoms with E-state index in [0.29, 0.717) is 0 Å². The third kappa shape index (κ3) is 4.91. The first-order valence-electron chi connectivity index (χ1n) is 11.9. The van der Waals surface area contributed by atoms with Crippen LogP contribution in [0.25, 0.3) is 21.8 Å². The summed E-state index contributed by atoms with van der Waals surface area (Å²) in [4.78, 5) is 21.7. The molecular formula is C27H32N4O2. The van der Waals surface area contributed by atoms with Gasteiger partial charge in [-0.1, -0.05) is 0 Å². The number of nitrogens with zero attached hydrogens (tertiary/aromatic N) is 1. The van der Waals surface area contributed by atoms with E-state index in [1.807, 2.05) is 36.5 Å². The van der Waals surface area contributed by atoms with E-state index in [2.05, 4.69) is 38.5 Å². The number of aryl methyl sites for hydroxylation is 1. The maximum Gasteiger partial charge on any atom is 0.251 e. The van der Waals surface area contributed by atoms with Crippen LogP contribution in [0.15, 0.2) is 54.9 Å². The van der Waals surface area contributed by atoms with Crippen molar-refractivity contribution in [2.75, 3.05) is 26.7 Å². The zero-order valence-corrected chi connectivity index (χ0v) is 19.2. The highest BCUT2D eigenvalue weighted by molar-refractivity contribution is 5.98. The SMILES string of the molecule is COc1ccc2c(CCCCN3CCC(NC(=O)c4ccc5[nH]ccc5c4)CC3)c[nH]c2c1. The molecule has 2 aromatic heterocycles. The fourth-order valence-electron chi connectivity index (χ4n) is 4.91. The number of H-pyrrole nitrogens is 2. The van der Waals surface area contributed by atoms with Crippen molar-refractivity contribution in [3.63, 3.8) is 0 Å². The van der Waals surface area contributed by atoms with Gasteiger partial charge in [0.1, 0.15) is 5.75 Å². The highest BCUT2D eigenvalue weighted by atomic mass is 16.5. The molecule has 172 valence electrons. The van der Waals surface area contributed by atoms with Crippen molar-refractivity contribution >= 4 is 27.7 Å². The standard InChI is InChI=1S/C27H32N4O2/c1-33-23-6-7-24-21(18-29-26(24)17-23)4-2-3-13-31-14-10-22(11-15-31)30-27(32)20-5-8-25-19(16-20)9-12-28-25/h5-9,12,16-18,22,28-29H,2-4,10-11,13-15H2,1H3,(H,30,32). The fraction of sp³-hybridized carbons (Fsp3) is 0.370. The number of aromatic nitrogens is 2. The number of unbranched alkanes of at least 4 members (excludes halogenated alkanes) is 1. The van der Waals surface area contributed by atoms with Crippen molar-refractivity contribution in [1.82, 2.24) is 20.2 Å². The molecular weight excluding hydrogens is 412 g/mol. The first-order chi connectivity index (χ1) is 16.2. The van der Waals surface area contributed by atoms with E-state index in [1.165, 1.54) is 23.8 Å². The number of hydrogen-bond acceptors (Lipinski definition) is 3. The zero-order chi connectivity index (χ0) is 22.6. The molecule has 1 fully saturated rings. The van der Waals surface area contributed by atoms with Gasteiger partial charge >= 0.3 is 0 Å². The number of ether oxygens (including phenoxy) is 1. The van der Waals surface area contributed by atoms with Crippen LogP contribution in [0.2, 0.25) is 0 Å². The van der Waals surface area contributed by atoms with Crippen molar-refractivity contribution in [3.05, 3.63) is 66.0 Å². The molecule has 0 radical (unpaired) electrons. The molecule has 1 amide bonds. The van der Waals surface area contributed by atoms with Crippen LogP contribution in [0.5, 0.6) is 5.75 Å².